The van der Waals surface area contributed by atoms with E-state index in [9.17, 15) is 21.6 Å². The number of benzene rings is 1. The van der Waals surface area contributed by atoms with E-state index >= 15 is 0 Å². The summed E-state index contributed by atoms with van der Waals surface area (Å²) in [5.74, 6) is 0. The maximum absolute atomic E-state index is 12.0. The molecule has 1 aliphatic rings. The van der Waals surface area contributed by atoms with Crippen LogP contribution in [0.15, 0.2) is 18.2 Å². The molecule has 0 aliphatic heterocycles. The first kappa shape index (κ1) is 24.5. The first-order valence-electron chi connectivity index (χ1n) is 7.82. The number of nitrogens with one attached hydrogen (secondary N) is 1. The van der Waals surface area contributed by atoms with E-state index in [1.807, 2.05) is 0 Å². The molecule has 1 saturated carbocycles. The Morgan fingerprint density at radius 3 is 2.08 bits per heavy atom. The van der Waals surface area contributed by atoms with E-state index in [1.165, 1.54) is 16.7 Å². The van der Waals surface area contributed by atoms with Crippen molar-refractivity contribution in [2.45, 2.75) is 64.0 Å². The maximum Gasteiger partial charge on any atom is 0.511 e. The van der Waals surface area contributed by atoms with Crippen molar-refractivity contribution in [3.8, 4) is 0 Å². The van der Waals surface area contributed by atoms with E-state index in [0.717, 1.165) is 6.42 Å². The predicted octanol–water partition coefficient (Wildman–Crippen LogP) is 3.30. The summed E-state index contributed by atoms with van der Waals surface area (Å²) in [6.45, 7) is 6.39. The van der Waals surface area contributed by atoms with E-state index in [1.54, 1.807) is 4.72 Å². The fourth-order valence-corrected chi connectivity index (χ4v) is 3.29. The molecule has 0 unspecified atom stereocenters. The van der Waals surface area contributed by atoms with E-state index in [2.05, 4.69) is 39.0 Å². The molecule has 9 heteroatoms. The standard InChI is InChI=1S/C9H12.C7H13F3N2O2S.Ru/c1-7-4-5-8(2)9(3)6-7;8-7(9,10)15(13,14)12-6-4-2-1-3-5(6)11;/h4-6H,1-3H3;5-6,12H,1-4,11H2;/t;5-,6-;/m.1./s1. The van der Waals surface area contributed by atoms with Crippen LogP contribution < -0.4 is 10.5 Å². The second-order valence-corrected chi connectivity index (χ2v) is 7.92. The summed E-state index contributed by atoms with van der Waals surface area (Å²) in [7, 11) is -5.26. The Morgan fingerprint density at radius 1 is 1.08 bits per heavy atom. The monoisotopic (exact) mass is 468 g/mol. The van der Waals surface area contributed by atoms with Crippen molar-refractivity contribution in [1.29, 1.82) is 0 Å². The molecule has 1 aliphatic carbocycles. The van der Waals surface area contributed by atoms with Crippen molar-refractivity contribution in [3.63, 3.8) is 0 Å². The van der Waals surface area contributed by atoms with Crippen LogP contribution in [0.1, 0.15) is 42.4 Å². The first-order valence-corrected chi connectivity index (χ1v) is 9.30. The van der Waals surface area contributed by atoms with Gasteiger partial charge in [0.05, 0.1) is 0 Å². The van der Waals surface area contributed by atoms with Gasteiger partial charge >= 0.3 is 15.5 Å². The maximum atomic E-state index is 12.0. The van der Waals surface area contributed by atoms with E-state index < -0.39 is 27.6 Å². The minimum Gasteiger partial charge on any atom is -0.326 e. The summed E-state index contributed by atoms with van der Waals surface area (Å²) in [5.41, 5.74) is 4.38. The predicted molar refractivity (Wildman–Crippen MR) is 89.0 cm³/mol. The first-order chi connectivity index (χ1) is 10.9. The third kappa shape index (κ3) is 7.73. The number of rotatable bonds is 2. The number of aryl methyl sites for hydroxylation is 3. The summed E-state index contributed by atoms with van der Waals surface area (Å²) >= 11 is 0. The van der Waals surface area contributed by atoms with Gasteiger partial charge in [-0.3, -0.25) is 0 Å². The molecular formula is C16H25F3N2O2RuS. The van der Waals surface area contributed by atoms with E-state index in [0.29, 0.717) is 19.3 Å². The minimum absolute atomic E-state index is 0. The molecule has 0 aromatic heterocycles. The number of nitrogens with two attached hydrogens (primary N) is 1. The number of halogens is 3. The molecule has 1 fully saturated rings. The molecule has 3 N–H and O–H groups in total. The van der Waals surface area contributed by atoms with Gasteiger partial charge in [-0.1, -0.05) is 36.6 Å². The normalized spacial score (nSPS) is 20.9. The van der Waals surface area contributed by atoms with Crippen LogP contribution in [0.5, 0.6) is 0 Å². The minimum atomic E-state index is -5.26. The molecule has 0 radical (unpaired) electrons. The Hall–Kier alpha value is -0.497. The van der Waals surface area contributed by atoms with Gasteiger partial charge < -0.3 is 5.73 Å². The van der Waals surface area contributed by atoms with Gasteiger partial charge in [-0.25, -0.2) is 13.1 Å². The van der Waals surface area contributed by atoms with E-state index in [-0.39, 0.29) is 19.5 Å². The van der Waals surface area contributed by atoms with Crippen LogP contribution >= 0.6 is 0 Å². The van der Waals surface area contributed by atoms with Crippen LogP contribution in [0.4, 0.5) is 13.2 Å². The van der Waals surface area contributed by atoms with Gasteiger partial charge in [-0.05, 0) is 44.7 Å². The van der Waals surface area contributed by atoms with Crippen LogP contribution in [0.3, 0.4) is 0 Å². The zero-order valence-corrected chi connectivity index (χ0v) is 17.1. The van der Waals surface area contributed by atoms with Crippen LogP contribution in [-0.2, 0) is 29.5 Å². The van der Waals surface area contributed by atoms with E-state index in [4.69, 9.17) is 5.73 Å². The van der Waals surface area contributed by atoms with Gasteiger partial charge in [-0.15, -0.1) is 0 Å². The Kier molecular flexibility index (Phi) is 9.80. The molecule has 0 spiro atoms. The number of alkyl halides is 3. The molecule has 0 heterocycles. The van der Waals surface area contributed by atoms with Crippen molar-refractivity contribution in [2.24, 2.45) is 5.73 Å². The van der Waals surface area contributed by atoms with Gasteiger partial charge in [0.2, 0.25) is 0 Å². The number of hydrogen-bond donors (Lipinski definition) is 2. The van der Waals surface area contributed by atoms with Crippen molar-refractivity contribution >= 4 is 10.0 Å². The molecule has 0 amide bonds. The zero-order valence-electron chi connectivity index (χ0n) is 14.5. The fourth-order valence-electron chi connectivity index (χ4n) is 2.46. The van der Waals surface area contributed by atoms with Gasteiger partial charge in [0, 0.05) is 31.6 Å². The molecule has 1 aromatic carbocycles. The number of hydrogen-bond acceptors (Lipinski definition) is 3. The molecule has 2 atom stereocenters. The fraction of sp³-hybridized carbons (Fsp3) is 0.625. The summed E-state index contributed by atoms with van der Waals surface area (Å²) in [4.78, 5) is 0. The Balaban J connectivity index is 0.000000495. The van der Waals surface area contributed by atoms with Crippen molar-refractivity contribution in [1.82, 2.24) is 4.72 Å². The third-order valence-corrected chi connectivity index (χ3v) is 5.32. The second-order valence-electron chi connectivity index (χ2n) is 6.21. The molecule has 0 bridgehead atoms. The average molecular weight is 468 g/mol. The summed E-state index contributed by atoms with van der Waals surface area (Å²) in [5, 5.41) is 0. The number of sulfonamides is 1. The van der Waals surface area contributed by atoms with Crippen LogP contribution in [0.2, 0.25) is 0 Å². The summed E-state index contributed by atoms with van der Waals surface area (Å²) < 4.78 is 59.2. The van der Waals surface area contributed by atoms with Gasteiger partial charge in [0.1, 0.15) is 0 Å². The molecule has 2 rings (SSSR count). The topological polar surface area (TPSA) is 72.2 Å². The van der Waals surface area contributed by atoms with Gasteiger partial charge in [-0.2, -0.15) is 13.2 Å². The molecule has 4 nitrogen and oxygen atoms in total. The Bertz CT molecular complexity index is 651. The van der Waals surface area contributed by atoms with Crippen molar-refractivity contribution < 1.29 is 41.1 Å². The quantitative estimate of drug-likeness (QED) is 0.656. The summed E-state index contributed by atoms with van der Waals surface area (Å²) in [6, 6.07) is 5.17. The SMILES string of the molecule is Cc1ccc(C)c(C)c1.N[C@@H]1CCCC[C@H]1NS(=O)(=O)C(F)(F)F.[Ru]. The van der Waals surface area contributed by atoms with Crippen molar-refractivity contribution in [2.75, 3.05) is 0 Å². The van der Waals surface area contributed by atoms with Gasteiger partial charge in [0.15, 0.2) is 0 Å². The second kappa shape index (κ2) is 10.00. The molecule has 1 aromatic rings. The van der Waals surface area contributed by atoms with Crippen LogP contribution in [0.25, 0.3) is 0 Å². The Labute approximate surface area is 160 Å². The zero-order chi connectivity index (χ0) is 18.5. The Morgan fingerprint density at radius 2 is 1.64 bits per heavy atom. The van der Waals surface area contributed by atoms with Crippen LogP contribution in [-0.4, -0.2) is 26.0 Å². The van der Waals surface area contributed by atoms with Crippen molar-refractivity contribution in [3.05, 3.63) is 34.9 Å². The molecule has 146 valence electrons. The molecule has 0 saturated heterocycles. The third-order valence-electron chi connectivity index (χ3n) is 4.09. The average Bonchev–Trinajstić information content (AvgIpc) is 2.45. The van der Waals surface area contributed by atoms with Gasteiger partial charge in [0.25, 0.3) is 0 Å². The molecular weight excluding hydrogens is 442 g/mol. The van der Waals surface area contributed by atoms with Crippen LogP contribution in [0, 0.1) is 20.8 Å². The largest absolute Gasteiger partial charge is 0.511 e. The summed E-state index contributed by atoms with van der Waals surface area (Å²) in [6.07, 6.45) is 2.42. The smallest absolute Gasteiger partial charge is 0.326 e. The molecule has 25 heavy (non-hydrogen) atoms.